The molecule has 0 radical (unpaired) electrons. The lowest BCUT2D eigenvalue weighted by Crippen LogP contribution is -2.02. The molecule has 0 unspecified atom stereocenters. The van der Waals surface area contributed by atoms with Crippen molar-refractivity contribution in [2.45, 2.75) is 13.8 Å². The molecule has 0 amide bonds. The number of halogens is 2. The highest BCUT2D eigenvalue weighted by Gasteiger charge is 2.14. The third-order valence-corrected chi connectivity index (χ3v) is 4.24. The quantitative estimate of drug-likeness (QED) is 0.447. The number of pyridine rings is 1. The van der Waals surface area contributed by atoms with Gasteiger partial charge in [-0.3, -0.25) is 0 Å². The highest BCUT2D eigenvalue weighted by molar-refractivity contribution is 7.17. The summed E-state index contributed by atoms with van der Waals surface area (Å²) in [6, 6.07) is 7.88. The van der Waals surface area contributed by atoms with Gasteiger partial charge in [0.15, 0.2) is 0 Å². The van der Waals surface area contributed by atoms with E-state index in [0.29, 0.717) is 16.0 Å². The number of carbonyl (C=O) groups excluding carboxylic acids is 1. The number of nitrogens with zero attached hydrogens (tertiary/aromatic N) is 1. The Hall–Kier alpha value is -1.98. The minimum atomic E-state index is -0.494. The van der Waals surface area contributed by atoms with Gasteiger partial charge in [-0.05, 0) is 18.2 Å². The van der Waals surface area contributed by atoms with Crippen molar-refractivity contribution in [2.24, 2.45) is 0 Å². The lowest BCUT2D eigenvalue weighted by atomic mass is 10.1. The second kappa shape index (κ2) is 7.53. The van der Waals surface area contributed by atoms with Crippen LogP contribution < -0.4 is 0 Å². The standard InChI is InChI=1S/C15H9ClFNO2S.C2H6/c1-20-15(19)8-5-12(18-13(16)6-8)10-7-21-14-9(10)3-2-4-11(14)17;1-2/h2-7H,1H3;1-2H3. The SMILES string of the molecule is CC.COC(=O)c1cc(Cl)nc(-c2csc3c(F)cccc23)c1. The monoisotopic (exact) mass is 351 g/mol. The first-order valence-corrected chi connectivity index (χ1v) is 8.28. The molecule has 3 rings (SSSR count). The minimum absolute atomic E-state index is 0.184. The number of thiophene rings is 1. The van der Waals surface area contributed by atoms with Crippen molar-refractivity contribution >= 4 is 39.0 Å². The number of methoxy groups -OCH3 is 1. The molecule has 2 aromatic heterocycles. The van der Waals surface area contributed by atoms with Crippen molar-refractivity contribution in [3.05, 3.63) is 52.2 Å². The molecule has 23 heavy (non-hydrogen) atoms. The van der Waals surface area contributed by atoms with Gasteiger partial charge in [-0.2, -0.15) is 0 Å². The molecule has 0 aliphatic heterocycles. The van der Waals surface area contributed by atoms with Gasteiger partial charge in [-0.25, -0.2) is 14.2 Å². The molecule has 0 bridgehead atoms. The minimum Gasteiger partial charge on any atom is -0.465 e. The van der Waals surface area contributed by atoms with Crippen LogP contribution in [0.25, 0.3) is 21.3 Å². The maximum absolute atomic E-state index is 13.7. The summed E-state index contributed by atoms with van der Waals surface area (Å²) in [6.45, 7) is 4.00. The maximum atomic E-state index is 13.7. The first-order valence-electron chi connectivity index (χ1n) is 7.02. The van der Waals surface area contributed by atoms with Gasteiger partial charge in [0, 0.05) is 16.3 Å². The van der Waals surface area contributed by atoms with Crippen LogP contribution in [-0.4, -0.2) is 18.1 Å². The molecule has 0 aliphatic carbocycles. The number of carbonyl (C=O) groups is 1. The van der Waals surface area contributed by atoms with Crippen molar-refractivity contribution in [2.75, 3.05) is 7.11 Å². The smallest absolute Gasteiger partial charge is 0.338 e. The zero-order valence-electron chi connectivity index (χ0n) is 12.9. The lowest BCUT2D eigenvalue weighted by Gasteiger charge is -2.04. The summed E-state index contributed by atoms with van der Waals surface area (Å²) in [6.07, 6.45) is 0. The Morgan fingerprint density at radius 2 is 2.04 bits per heavy atom. The van der Waals surface area contributed by atoms with Crippen LogP contribution in [0.5, 0.6) is 0 Å². The van der Waals surface area contributed by atoms with Gasteiger partial charge in [-0.15, -0.1) is 11.3 Å². The second-order valence-electron chi connectivity index (χ2n) is 4.32. The van der Waals surface area contributed by atoms with E-state index >= 15 is 0 Å². The van der Waals surface area contributed by atoms with Crippen LogP contribution in [0.3, 0.4) is 0 Å². The summed E-state index contributed by atoms with van der Waals surface area (Å²) < 4.78 is 19.0. The van der Waals surface area contributed by atoms with Crippen LogP contribution >= 0.6 is 22.9 Å². The number of hydrogen-bond donors (Lipinski definition) is 0. The first kappa shape index (κ1) is 17.4. The topological polar surface area (TPSA) is 39.2 Å². The molecule has 6 heteroatoms. The Kier molecular flexibility index (Phi) is 5.69. The molecule has 0 saturated heterocycles. The molecule has 120 valence electrons. The van der Waals surface area contributed by atoms with Crippen LogP contribution in [0.1, 0.15) is 24.2 Å². The summed E-state index contributed by atoms with van der Waals surface area (Å²) in [5.41, 5.74) is 1.56. The number of fused-ring (bicyclic) bond motifs is 1. The number of rotatable bonds is 2. The average molecular weight is 352 g/mol. The van der Waals surface area contributed by atoms with Gasteiger partial charge < -0.3 is 4.74 Å². The maximum Gasteiger partial charge on any atom is 0.338 e. The molecule has 2 heterocycles. The van der Waals surface area contributed by atoms with Crippen LogP contribution in [-0.2, 0) is 4.74 Å². The van der Waals surface area contributed by atoms with Crippen molar-refractivity contribution in [3.8, 4) is 11.3 Å². The highest BCUT2D eigenvalue weighted by Crippen LogP contribution is 2.35. The van der Waals surface area contributed by atoms with Crippen LogP contribution in [0.4, 0.5) is 4.39 Å². The molecule has 3 aromatic rings. The summed E-state index contributed by atoms with van der Waals surface area (Å²) in [4.78, 5) is 15.9. The first-order chi connectivity index (χ1) is 11.1. The molecule has 0 fully saturated rings. The fourth-order valence-electron chi connectivity index (χ4n) is 2.09. The van der Waals surface area contributed by atoms with E-state index < -0.39 is 5.97 Å². The van der Waals surface area contributed by atoms with Gasteiger partial charge in [0.25, 0.3) is 0 Å². The largest absolute Gasteiger partial charge is 0.465 e. The zero-order valence-corrected chi connectivity index (χ0v) is 14.5. The third-order valence-electron chi connectivity index (χ3n) is 3.04. The third kappa shape index (κ3) is 3.51. The zero-order chi connectivity index (χ0) is 17.0. The number of ether oxygens (including phenoxy) is 1. The predicted octanol–water partition coefficient (Wildman–Crippen LogP) is 5.57. The Labute approximate surface area is 142 Å². The molecular weight excluding hydrogens is 337 g/mol. The van der Waals surface area contributed by atoms with Crippen molar-refractivity contribution in [1.82, 2.24) is 4.98 Å². The Balaban J connectivity index is 0.000000924. The molecule has 0 atom stereocenters. The van der Waals surface area contributed by atoms with Crippen molar-refractivity contribution in [3.63, 3.8) is 0 Å². The Morgan fingerprint density at radius 3 is 2.74 bits per heavy atom. The van der Waals surface area contributed by atoms with E-state index in [9.17, 15) is 9.18 Å². The highest BCUT2D eigenvalue weighted by atomic mass is 35.5. The molecule has 0 N–H and O–H groups in total. The van der Waals surface area contributed by atoms with Crippen LogP contribution in [0.15, 0.2) is 35.7 Å². The molecule has 0 aliphatic rings. The molecule has 0 spiro atoms. The van der Waals surface area contributed by atoms with Gasteiger partial charge in [0.1, 0.15) is 11.0 Å². The van der Waals surface area contributed by atoms with E-state index in [-0.39, 0.29) is 11.0 Å². The van der Waals surface area contributed by atoms with E-state index in [1.807, 2.05) is 19.9 Å². The summed E-state index contributed by atoms with van der Waals surface area (Å²) in [7, 11) is 1.30. The van der Waals surface area contributed by atoms with E-state index in [1.165, 1.54) is 30.6 Å². The normalized spacial score (nSPS) is 10.1. The fourth-order valence-corrected chi connectivity index (χ4v) is 3.27. The second-order valence-corrected chi connectivity index (χ2v) is 5.59. The van der Waals surface area contributed by atoms with Crippen molar-refractivity contribution < 1.29 is 13.9 Å². The summed E-state index contributed by atoms with van der Waals surface area (Å²) in [5, 5.41) is 2.72. The van der Waals surface area contributed by atoms with Crippen LogP contribution in [0, 0.1) is 5.82 Å². The van der Waals surface area contributed by atoms with E-state index in [1.54, 1.807) is 17.5 Å². The predicted molar refractivity (Wildman–Crippen MR) is 92.7 cm³/mol. The number of hydrogen-bond acceptors (Lipinski definition) is 4. The number of aromatic nitrogens is 1. The lowest BCUT2D eigenvalue weighted by molar-refractivity contribution is 0.0600. The van der Waals surface area contributed by atoms with Gasteiger partial charge >= 0.3 is 5.97 Å². The van der Waals surface area contributed by atoms with E-state index in [2.05, 4.69) is 9.72 Å². The molecule has 0 saturated carbocycles. The van der Waals surface area contributed by atoms with E-state index in [0.717, 1.165) is 10.9 Å². The number of esters is 1. The van der Waals surface area contributed by atoms with Gasteiger partial charge in [-0.1, -0.05) is 37.6 Å². The Bertz CT molecular complexity index is 848. The molecule has 1 aromatic carbocycles. The van der Waals surface area contributed by atoms with Crippen LogP contribution in [0.2, 0.25) is 5.15 Å². The van der Waals surface area contributed by atoms with E-state index in [4.69, 9.17) is 11.6 Å². The number of benzene rings is 1. The summed E-state index contributed by atoms with van der Waals surface area (Å²) in [5.74, 6) is -0.773. The summed E-state index contributed by atoms with van der Waals surface area (Å²) >= 11 is 7.25. The average Bonchev–Trinajstić information content (AvgIpc) is 3.01. The molecular formula is C17H15ClFNO2S. The van der Waals surface area contributed by atoms with Gasteiger partial charge in [0.2, 0.25) is 0 Å². The fraction of sp³-hybridized carbons (Fsp3) is 0.176. The van der Waals surface area contributed by atoms with Gasteiger partial charge in [0.05, 0.1) is 23.1 Å². The Morgan fingerprint density at radius 1 is 1.30 bits per heavy atom. The van der Waals surface area contributed by atoms with Crippen molar-refractivity contribution in [1.29, 1.82) is 0 Å². The molecule has 3 nitrogen and oxygen atoms in total.